The van der Waals surface area contributed by atoms with Crippen molar-refractivity contribution in [3.05, 3.63) is 57.7 Å². The van der Waals surface area contributed by atoms with Gasteiger partial charge in [-0.25, -0.2) is 4.79 Å². The first kappa shape index (κ1) is 18.9. The van der Waals surface area contributed by atoms with Crippen molar-refractivity contribution in [3.63, 3.8) is 0 Å². The third kappa shape index (κ3) is 3.35. The molecule has 0 aliphatic heterocycles. The predicted octanol–water partition coefficient (Wildman–Crippen LogP) is 5.42. The Morgan fingerprint density at radius 1 is 1.31 bits per heavy atom. The number of phenols is 1. The number of esters is 1. The quantitative estimate of drug-likeness (QED) is 0.430. The number of nitrogens with zero attached hydrogens (tertiary/aromatic N) is 1. The molecule has 26 heavy (non-hydrogen) atoms. The minimum Gasteiger partial charge on any atom is -0.506 e. The Bertz CT molecular complexity index is 967. The van der Waals surface area contributed by atoms with Crippen LogP contribution in [0.5, 0.6) is 5.75 Å². The average Bonchev–Trinajstić information content (AvgIpc) is 2.91. The number of fused-ring (bicyclic) bond motifs is 1. The van der Waals surface area contributed by atoms with Crippen molar-refractivity contribution >= 4 is 44.6 Å². The molecule has 1 heterocycles. The number of aromatic hydroxyl groups is 1. The summed E-state index contributed by atoms with van der Waals surface area (Å²) in [6.45, 7) is 3.92. The van der Waals surface area contributed by atoms with Gasteiger partial charge < -0.3 is 14.4 Å². The van der Waals surface area contributed by atoms with Gasteiger partial charge in [0.15, 0.2) is 0 Å². The summed E-state index contributed by atoms with van der Waals surface area (Å²) in [4.78, 5) is 13.8. The largest absolute Gasteiger partial charge is 0.506 e. The van der Waals surface area contributed by atoms with Gasteiger partial charge in [-0.1, -0.05) is 18.2 Å². The van der Waals surface area contributed by atoms with E-state index in [0.717, 1.165) is 21.5 Å². The molecule has 0 radical (unpaired) electrons. The van der Waals surface area contributed by atoms with E-state index < -0.39 is 0 Å². The van der Waals surface area contributed by atoms with Gasteiger partial charge >= 0.3 is 5.97 Å². The highest BCUT2D eigenvalue weighted by Crippen LogP contribution is 2.39. The maximum Gasteiger partial charge on any atom is 0.340 e. The minimum atomic E-state index is -0.355. The van der Waals surface area contributed by atoms with Crippen LogP contribution in [-0.4, -0.2) is 22.2 Å². The normalized spacial score (nSPS) is 11.1. The van der Waals surface area contributed by atoms with Crippen molar-refractivity contribution in [2.24, 2.45) is 7.05 Å². The monoisotopic (exact) mass is 433 g/mol. The molecule has 0 bridgehead atoms. The number of phenolic OH excluding ortho intramolecular Hbond substituents is 1. The molecule has 0 spiro atoms. The summed E-state index contributed by atoms with van der Waals surface area (Å²) in [5, 5.41) is 11.1. The zero-order valence-electron chi connectivity index (χ0n) is 14.9. The van der Waals surface area contributed by atoms with E-state index in [1.807, 2.05) is 54.9 Å². The number of halogens is 1. The van der Waals surface area contributed by atoms with Gasteiger partial charge in [0.1, 0.15) is 5.75 Å². The smallest absolute Gasteiger partial charge is 0.340 e. The Labute approximate surface area is 165 Å². The summed E-state index contributed by atoms with van der Waals surface area (Å²) in [5.41, 5.74) is 2.98. The van der Waals surface area contributed by atoms with Crippen LogP contribution < -0.4 is 0 Å². The zero-order valence-corrected chi connectivity index (χ0v) is 17.3. The van der Waals surface area contributed by atoms with Crippen molar-refractivity contribution in [1.82, 2.24) is 4.57 Å². The number of thioether (sulfide) groups is 1. The molecule has 0 atom stereocenters. The number of carbonyl (C=O) groups excluding carboxylic acids is 1. The van der Waals surface area contributed by atoms with Gasteiger partial charge in [0.25, 0.3) is 0 Å². The first-order chi connectivity index (χ1) is 12.5. The highest BCUT2D eigenvalue weighted by atomic mass is 79.9. The third-order valence-corrected chi connectivity index (χ3v) is 6.01. The fourth-order valence-electron chi connectivity index (χ4n) is 3.05. The molecule has 6 heteroatoms. The molecule has 0 aliphatic rings. The van der Waals surface area contributed by atoms with Crippen molar-refractivity contribution in [2.45, 2.75) is 24.5 Å². The summed E-state index contributed by atoms with van der Waals surface area (Å²) in [5.74, 6) is 0.420. The number of hydrogen-bond acceptors (Lipinski definition) is 4. The Balaban J connectivity index is 2.17. The summed E-state index contributed by atoms with van der Waals surface area (Å²) >= 11 is 5.06. The maximum absolute atomic E-state index is 12.7. The molecule has 136 valence electrons. The molecular weight excluding hydrogens is 414 g/mol. The summed E-state index contributed by atoms with van der Waals surface area (Å²) in [7, 11) is 1.94. The van der Waals surface area contributed by atoms with Crippen LogP contribution in [0.2, 0.25) is 0 Å². The Morgan fingerprint density at radius 2 is 2.00 bits per heavy atom. The molecule has 1 N–H and O–H groups in total. The van der Waals surface area contributed by atoms with Gasteiger partial charge in [-0.15, -0.1) is 11.8 Å². The number of rotatable bonds is 5. The van der Waals surface area contributed by atoms with Gasteiger partial charge in [-0.05, 0) is 48.0 Å². The Kier molecular flexibility index (Phi) is 5.63. The van der Waals surface area contributed by atoms with Gasteiger partial charge in [0.05, 0.1) is 22.2 Å². The van der Waals surface area contributed by atoms with E-state index >= 15 is 0 Å². The molecule has 0 saturated carbocycles. The second-order valence-corrected chi connectivity index (χ2v) is 7.83. The second kappa shape index (κ2) is 7.76. The van der Waals surface area contributed by atoms with Gasteiger partial charge in [-0.2, -0.15) is 0 Å². The van der Waals surface area contributed by atoms with Crippen LogP contribution in [0.1, 0.15) is 28.5 Å². The number of ether oxygens (including phenoxy) is 1. The minimum absolute atomic E-state index is 0.149. The summed E-state index contributed by atoms with van der Waals surface area (Å²) in [6, 6.07) is 11.9. The molecule has 0 saturated heterocycles. The van der Waals surface area contributed by atoms with E-state index in [-0.39, 0.29) is 11.7 Å². The molecule has 4 nitrogen and oxygen atoms in total. The average molecular weight is 434 g/mol. The number of benzene rings is 2. The number of aromatic nitrogens is 1. The molecule has 0 unspecified atom stereocenters. The van der Waals surface area contributed by atoms with Crippen LogP contribution in [0.3, 0.4) is 0 Å². The summed E-state index contributed by atoms with van der Waals surface area (Å²) < 4.78 is 7.93. The predicted molar refractivity (Wildman–Crippen MR) is 109 cm³/mol. The molecule has 0 aliphatic carbocycles. The van der Waals surface area contributed by atoms with E-state index in [1.165, 1.54) is 0 Å². The highest BCUT2D eigenvalue weighted by Gasteiger charge is 2.25. The SMILES string of the molecule is CCOC(=O)c1c(CSc2ccccc2)n(C)c2cc(Br)c(O)c(C)c12. The van der Waals surface area contributed by atoms with Crippen LogP contribution >= 0.6 is 27.7 Å². The summed E-state index contributed by atoms with van der Waals surface area (Å²) in [6.07, 6.45) is 0. The molecule has 0 amide bonds. The van der Waals surface area contributed by atoms with Crippen LogP contribution in [0.15, 0.2) is 45.8 Å². The molecular formula is C20H20BrNO3S. The van der Waals surface area contributed by atoms with Gasteiger partial charge in [0.2, 0.25) is 0 Å². The first-order valence-electron chi connectivity index (χ1n) is 8.30. The van der Waals surface area contributed by atoms with Crippen LogP contribution in [0.25, 0.3) is 10.9 Å². The van der Waals surface area contributed by atoms with Crippen LogP contribution in [0.4, 0.5) is 0 Å². The van der Waals surface area contributed by atoms with E-state index in [2.05, 4.69) is 15.9 Å². The van der Waals surface area contributed by atoms with Crippen LogP contribution in [-0.2, 0) is 17.5 Å². The third-order valence-electron chi connectivity index (χ3n) is 4.38. The van der Waals surface area contributed by atoms with Crippen LogP contribution in [0, 0.1) is 6.92 Å². The van der Waals surface area contributed by atoms with E-state index in [0.29, 0.717) is 28.0 Å². The van der Waals surface area contributed by atoms with Crippen molar-refractivity contribution in [1.29, 1.82) is 0 Å². The fourth-order valence-corrected chi connectivity index (χ4v) is 4.55. The molecule has 3 rings (SSSR count). The Morgan fingerprint density at radius 3 is 2.65 bits per heavy atom. The van der Waals surface area contributed by atoms with Gasteiger partial charge in [-0.3, -0.25) is 0 Å². The second-order valence-electron chi connectivity index (χ2n) is 5.93. The topological polar surface area (TPSA) is 51.5 Å². The van der Waals surface area contributed by atoms with E-state index in [9.17, 15) is 9.90 Å². The lowest BCUT2D eigenvalue weighted by Crippen LogP contribution is -2.08. The molecule has 1 aromatic heterocycles. The standard InChI is InChI=1S/C20H20BrNO3S/c1-4-25-20(24)18-16(11-26-13-8-6-5-7-9-13)22(3)15-10-14(21)19(23)12(2)17(15)18/h5-10,23H,4,11H2,1-3H3. The zero-order chi connectivity index (χ0) is 18.8. The van der Waals surface area contributed by atoms with E-state index in [1.54, 1.807) is 18.7 Å². The first-order valence-corrected chi connectivity index (χ1v) is 10.1. The lowest BCUT2D eigenvalue weighted by Gasteiger charge is -2.08. The number of hydrogen-bond donors (Lipinski definition) is 1. The highest BCUT2D eigenvalue weighted by molar-refractivity contribution is 9.10. The fraction of sp³-hybridized carbons (Fsp3) is 0.250. The van der Waals surface area contributed by atoms with Crippen molar-refractivity contribution < 1.29 is 14.6 Å². The van der Waals surface area contributed by atoms with Crippen molar-refractivity contribution in [3.8, 4) is 5.75 Å². The molecule has 2 aromatic carbocycles. The Hall–Kier alpha value is -1.92. The lowest BCUT2D eigenvalue weighted by molar-refractivity contribution is 0.0527. The number of carbonyl (C=O) groups is 1. The van der Waals surface area contributed by atoms with E-state index in [4.69, 9.17) is 4.74 Å². The lowest BCUT2D eigenvalue weighted by atomic mass is 10.1. The number of aryl methyl sites for hydroxylation is 2. The molecule has 3 aromatic rings. The van der Waals surface area contributed by atoms with Gasteiger partial charge in [0, 0.05) is 34.3 Å². The maximum atomic E-state index is 12.7. The van der Waals surface area contributed by atoms with Crippen molar-refractivity contribution in [2.75, 3.05) is 6.61 Å². The molecule has 0 fully saturated rings.